The Morgan fingerprint density at radius 3 is 3.00 bits per heavy atom. The van der Waals surface area contributed by atoms with E-state index in [-0.39, 0.29) is 5.56 Å². The van der Waals surface area contributed by atoms with Gasteiger partial charge in [-0.2, -0.15) is 0 Å². The van der Waals surface area contributed by atoms with E-state index < -0.39 is 0 Å². The Balaban J connectivity index is 2.38. The normalized spacial score (nSPS) is 31.8. The fraction of sp³-hybridized carbons (Fsp3) is 0.667. The Kier molecular flexibility index (Phi) is 1.08. The predicted molar refractivity (Wildman–Crippen MR) is 24.1 cm³/mol. The molecule has 0 aliphatic carbocycles. The first-order valence-electron chi connectivity index (χ1n) is 1.65. The van der Waals surface area contributed by atoms with Crippen molar-refractivity contribution in [3.63, 3.8) is 0 Å². The molecular weight excluding hydrogens is 101 g/mol. The maximum atomic E-state index is 5.34. The van der Waals surface area contributed by atoms with Crippen molar-refractivity contribution in [1.29, 1.82) is 0 Å². The second-order valence-electron chi connectivity index (χ2n) is 0.979. The van der Waals surface area contributed by atoms with E-state index in [9.17, 15) is 0 Å². The number of hydrogen-bond acceptors (Lipinski definition) is 2. The van der Waals surface area contributed by atoms with E-state index in [0.29, 0.717) is 6.73 Å². The van der Waals surface area contributed by atoms with Gasteiger partial charge in [0.15, 0.2) is 5.56 Å². The molecule has 1 aliphatic heterocycles. The molecule has 0 spiro atoms. The molecule has 34 valence electrons. The molecule has 0 saturated carbocycles. The van der Waals surface area contributed by atoms with Crippen LogP contribution in [-0.4, -0.2) is 18.5 Å². The van der Waals surface area contributed by atoms with Crippen molar-refractivity contribution in [2.75, 3.05) is 6.73 Å². The number of alkyl halides is 1. The average Bonchev–Trinajstić information content (AvgIpc) is 1.86. The maximum Gasteiger partial charge on any atom is 0.168 e. The third-order valence-electron chi connectivity index (χ3n) is 0.531. The lowest BCUT2D eigenvalue weighted by molar-refractivity contribution is 0.178. The molecule has 3 heteroatoms. The van der Waals surface area contributed by atoms with Gasteiger partial charge in [0.25, 0.3) is 0 Å². The molecule has 0 radical (unpaired) electrons. The highest BCUT2D eigenvalue weighted by atomic mass is 35.5. The van der Waals surface area contributed by atoms with Gasteiger partial charge >= 0.3 is 0 Å². The average molecular weight is 106 g/mol. The van der Waals surface area contributed by atoms with Crippen LogP contribution < -0.4 is 0 Å². The fourth-order valence-electron chi connectivity index (χ4n) is 0.283. The van der Waals surface area contributed by atoms with E-state index in [1.165, 1.54) is 0 Å². The molecule has 1 atom stereocenters. The van der Waals surface area contributed by atoms with Gasteiger partial charge < -0.3 is 4.74 Å². The van der Waals surface area contributed by atoms with Gasteiger partial charge in [0, 0.05) is 6.21 Å². The van der Waals surface area contributed by atoms with Gasteiger partial charge in [-0.25, -0.2) is 0 Å². The van der Waals surface area contributed by atoms with E-state index in [1.54, 1.807) is 6.21 Å². The topological polar surface area (TPSA) is 21.6 Å². The molecule has 1 rings (SSSR count). The van der Waals surface area contributed by atoms with Gasteiger partial charge in [0.2, 0.25) is 0 Å². The molecular formula is C3H4ClNO. The van der Waals surface area contributed by atoms with Crippen molar-refractivity contribution in [3.05, 3.63) is 0 Å². The Morgan fingerprint density at radius 1 is 2.00 bits per heavy atom. The molecule has 0 saturated heterocycles. The zero-order valence-corrected chi connectivity index (χ0v) is 3.85. The third kappa shape index (κ3) is 0.698. The summed E-state index contributed by atoms with van der Waals surface area (Å²) < 4.78 is 4.70. The van der Waals surface area contributed by atoms with Crippen LogP contribution in [0.25, 0.3) is 0 Å². The van der Waals surface area contributed by atoms with Crippen LogP contribution in [0.2, 0.25) is 0 Å². The molecule has 0 amide bonds. The monoisotopic (exact) mass is 105 g/mol. The summed E-state index contributed by atoms with van der Waals surface area (Å²) >= 11 is 5.34. The Bertz CT molecular complexity index is 73.2. The van der Waals surface area contributed by atoms with Gasteiger partial charge in [0.05, 0.1) is 0 Å². The zero-order valence-electron chi connectivity index (χ0n) is 3.10. The summed E-state index contributed by atoms with van der Waals surface area (Å²) in [6.45, 7) is 0.425. The molecule has 0 fully saturated rings. The van der Waals surface area contributed by atoms with Crippen molar-refractivity contribution in [2.45, 2.75) is 5.56 Å². The molecule has 1 aliphatic rings. The summed E-state index contributed by atoms with van der Waals surface area (Å²) in [5.74, 6) is 0. The molecule has 0 aromatic carbocycles. The summed E-state index contributed by atoms with van der Waals surface area (Å²) in [4.78, 5) is 3.69. The van der Waals surface area contributed by atoms with Crippen LogP contribution in [0, 0.1) is 0 Å². The second kappa shape index (κ2) is 1.58. The minimum absolute atomic E-state index is 0.273. The van der Waals surface area contributed by atoms with Crippen molar-refractivity contribution in [3.8, 4) is 0 Å². The highest BCUT2D eigenvalue weighted by Gasteiger charge is 2.02. The van der Waals surface area contributed by atoms with Crippen LogP contribution in [0.3, 0.4) is 0 Å². The molecule has 1 unspecified atom stereocenters. The Labute approximate surface area is 40.8 Å². The maximum absolute atomic E-state index is 5.34. The van der Waals surface area contributed by atoms with Crippen molar-refractivity contribution >= 4 is 17.8 Å². The molecule has 0 bridgehead atoms. The molecule has 1 heterocycles. The Morgan fingerprint density at radius 2 is 2.83 bits per heavy atom. The molecule has 0 aromatic rings. The standard InChI is InChI=1S/C3H4ClNO/c4-3-1-5-2-6-3/h1,3H,2H2. The molecule has 2 nitrogen and oxygen atoms in total. The van der Waals surface area contributed by atoms with Crippen LogP contribution in [0.5, 0.6) is 0 Å². The third-order valence-corrected chi connectivity index (χ3v) is 0.770. The van der Waals surface area contributed by atoms with Crippen molar-refractivity contribution < 1.29 is 4.74 Å². The van der Waals surface area contributed by atoms with Gasteiger partial charge in [-0.05, 0) is 0 Å². The van der Waals surface area contributed by atoms with E-state index in [0.717, 1.165) is 0 Å². The second-order valence-corrected chi connectivity index (χ2v) is 1.41. The van der Waals surface area contributed by atoms with Crippen molar-refractivity contribution in [1.82, 2.24) is 0 Å². The predicted octanol–water partition coefficient (Wildman–Crippen LogP) is 0.610. The number of rotatable bonds is 0. The van der Waals surface area contributed by atoms with E-state index in [2.05, 4.69) is 4.99 Å². The largest absolute Gasteiger partial charge is 0.335 e. The lowest BCUT2D eigenvalue weighted by Gasteiger charge is -1.88. The first kappa shape index (κ1) is 4.09. The quantitative estimate of drug-likeness (QED) is 0.414. The summed E-state index contributed by atoms with van der Waals surface area (Å²) in [7, 11) is 0. The lowest BCUT2D eigenvalue weighted by atomic mass is 10.8. The highest BCUT2D eigenvalue weighted by molar-refractivity contribution is 6.27. The van der Waals surface area contributed by atoms with Crippen LogP contribution in [0.1, 0.15) is 0 Å². The lowest BCUT2D eigenvalue weighted by Crippen LogP contribution is -1.95. The number of nitrogens with zero attached hydrogens (tertiary/aromatic N) is 1. The number of halogens is 1. The van der Waals surface area contributed by atoms with Gasteiger partial charge in [-0.3, -0.25) is 4.99 Å². The summed E-state index contributed by atoms with van der Waals surface area (Å²) in [6.07, 6.45) is 1.57. The first-order chi connectivity index (χ1) is 2.89. The van der Waals surface area contributed by atoms with Gasteiger partial charge in [-0.1, -0.05) is 11.6 Å². The fourth-order valence-corrected chi connectivity index (χ4v) is 0.419. The Hall–Kier alpha value is -0.0800. The summed E-state index contributed by atoms with van der Waals surface area (Å²) in [6, 6.07) is 0. The van der Waals surface area contributed by atoms with Gasteiger partial charge in [0.1, 0.15) is 6.73 Å². The minimum Gasteiger partial charge on any atom is -0.335 e. The SMILES string of the molecule is ClC1C=NCO1. The number of hydrogen-bond donors (Lipinski definition) is 0. The van der Waals surface area contributed by atoms with Crippen LogP contribution in [0.15, 0.2) is 4.99 Å². The smallest absolute Gasteiger partial charge is 0.168 e. The molecule has 6 heavy (non-hydrogen) atoms. The van der Waals surface area contributed by atoms with Crippen molar-refractivity contribution in [2.24, 2.45) is 4.99 Å². The highest BCUT2D eigenvalue weighted by Crippen LogP contribution is 1.99. The van der Waals surface area contributed by atoms with E-state index in [1.807, 2.05) is 0 Å². The number of aliphatic imine (C=N–C) groups is 1. The van der Waals surface area contributed by atoms with Crippen LogP contribution in [-0.2, 0) is 4.74 Å². The van der Waals surface area contributed by atoms with Gasteiger partial charge in [-0.15, -0.1) is 0 Å². The minimum atomic E-state index is -0.273. The first-order valence-corrected chi connectivity index (χ1v) is 2.09. The van der Waals surface area contributed by atoms with E-state index in [4.69, 9.17) is 16.3 Å². The summed E-state index contributed by atoms with van der Waals surface area (Å²) in [5.41, 5.74) is -0.273. The zero-order chi connectivity index (χ0) is 4.41. The molecule has 0 aromatic heterocycles. The van der Waals surface area contributed by atoms with Crippen LogP contribution in [0.4, 0.5) is 0 Å². The molecule has 0 N–H and O–H groups in total. The van der Waals surface area contributed by atoms with Crippen LogP contribution >= 0.6 is 11.6 Å². The number of ether oxygens (including phenoxy) is 1. The van der Waals surface area contributed by atoms with E-state index >= 15 is 0 Å². The summed E-state index contributed by atoms with van der Waals surface area (Å²) in [5, 5.41) is 0.